The molecule has 0 aromatic carbocycles. The zero-order valence-electron chi connectivity index (χ0n) is 4.94. The highest BCUT2D eigenvalue weighted by Crippen LogP contribution is 2.13. The predicted octanol–water partition coefficient (Wildman–Crippen LogP) is -2.10. The van der Waals surface area contributed by atoms with Crippen LogP contribution in [-0.4, -0.2) is 45.1 Å². The van der Waals surface area contributed by atoms with Crippen LogP contribution in [0.25, 0.3) is 0 Å². The van der Waals surface area contributed by atoms with Crippen molar-refractivity contribution < 1.29 is 15.3 Å². The smallest absolute Gasteiger partial charge is 0.167 e. The quantitative estimate of drug-likeness (QED) is 0.297. The number of thiol groups is 1. The summed E-state index contributed by atoms with van der Waals surface area (Å²) in [6.45, 7) is -0.0280. The van der Waals surface area contributed by atoms with Gasteiger partial charge in [0.1, 0.15) is 18.0 Å². The van der Waals surface area contributed by atoms with Crippen LogP contribution >= 0.6 is 0 Å². The summed E-state index contributed by atoms with van der Waals surface area (Å²) in [6.07, 6.45) is -1.33. The van der Waals surface area contributed by atoms with Gasteiger partial charge in [0.15, 0.2) is 5.25 Å². The second-order valence-electron chi connectivity index (χ2n) is 2.17. The van der Waals surface area contributed by atoms with Crippen molar-refractivity contribution in [1.29, 1.82) is 0 Å². The molecule has 9 heavy (non-hydrogen) atoms. The van der Waals surface area contributed by atoms with E-state index in [4.69, 9.17) is 15.3 Å². The molecule has 3 atom stereocenters. The van der Waals surface area contributed by atoms with Gasteiger partial charge in [0, 0.05) is 0 Å². The van der Waals surface area contributed by atoms with E-state index in [9.17, 15) is 0 Å². The normalized spacial score (nSPS) is 43.7. The molecule has 1 aliphatic heterocycles. The van der Waals surface area contributed by atoms with Gasteiger partial charge in [0.25, 0.3) is 0 Å². The van der Waals surface area contributed by atoms with Crippen molar-refractivity contribution in [3.05, 3.63) is 0 Å². The molecule has 1 saturated heterocycles. The molecule has 0 saturated carbocycles. The summed E-state index contributed by atoms with van der Waals surface area (Å²) >= 11 is 0.959. The van der Waals surface area contributed by atoms with Crippen LogP contribution < -0.4 is 0 Å². The Morgan fingerprint density at radius 1 is 1.44 bits per heavy atom. The maximum absolute atomic E-state index is 9.04. The molecule has 3 nitrogen and oxygen atoms in total. The summed E-state index contributed by atoms with van der Waals surface area (Å²) in [5, 5.41) is 26.4. The monoisotopic (exact) mass is 151 g/mol. The molecule has 1 aliphatic rings. The molecular formula is C5H11O3S+. The molecular weight excluding hydrogens is 140 g/mol. The van der Waals surface area contributed by atoms with E-state index in [1.165, 1.54) is 0 Å². The fourth-order valence-corrected chi connectivity index (χ4v) is 2.11. The maximum atomic E-state index is 9.04. The molecule has 0 aromatic heterocycles. The Labute approximate surface area is 57.7 Å². The maximum Gasteiger partial charge on any atom is 0.167 e. The molecule has 0 aliphatic carbocycles. The topological polar surface area (TPSA) is 60.7 Å². The van der Waals surface area contributed by atoms with E-state index in [1.807, 2.05) is 0 Å². The second-order valence-corrected chi connectivity index (χ2v) is 3.57. The summed E-state index contributed by atoms with van der Waals surface area (Å²) in [5.74, 6) is 0.590. The van der Waals surface area contributed by atoms with E-state index in [1.54, 1.807) is 0 Å². The first-order valence-corrected chi connectivity index (χ1v) is 4.04. The average Bonchev–Trinajstić information content (AvgIpc) is 2.15. The van der Waals surface area contributed by atoms with Crippen LogP contribution in [0.2, 0.25) is 0 Å². The molecule has 0 radical (unpaired) electrons. The van der Waals surface area contributed by atoms with Gasteiger partial charge >= 0.3 is 0 Å². The Morgan fingerprint density at radius 2 is 2.11 bits per heavy atom. The van der Waals surface area contributed by atoms with Crippen LogP contribution in [0.4, 0.5) is 0 Å². The third-order valence-electron chi connectivity index (χ3n) is 1.50. The van der Waals surface area contributed by atoms with E-state index in [2.05, 4.69) is 0 Å². The van der Waals surface area contributed by atoms with Gasteiger partial charge in [-0.3, -0.25) is 0 Å². The van der Waals surface area contributed by atoms with Crippen LogP contribution in [0.5, 0.6) is 0 Å². The first-order valence-electron chi connectivity index (χ1n) is 2.89. The van der Waals surface area contributed by atoms with Gasteiger partial charge in [-0.2, -0.15) is 0 Å². The Kier molecular flexibility index (Phi) is 2.35. The second kappa shape index (κ2) is 2.88. The Bertz CT molecular complexity index is 98.2. The lowest BCUT2D eigenvalue weighted by atomic mass is 10.2. The van der Waals surface area contributed by atoms with E-state index in [-0.39, 0.29) is 11.9 Å². The van der Waals surface area contributed by atoms with Crippen molar-refractivity contribution >= 4 is 11.8 Å². The van der Waals surface area contributed by atoms with Gasteiger partial charge in [-0.05, 0) is 11.8 Å². The first-order chi connectivity index (χ1) is 4.25. The molecule has 4 heteroatoms. The van der Waals surface area contributed by atoms with Gasteiger partial charge in [0.2, 0.25) is 0 Å². The largest absolute Gasteiger partial charge is 0.391 e. The minimum atomic E-state index is -0.711. The highest BCUT2D eigenvalue weighted by Gasteiger charge is 2.40. The van der Waals surface area contributed by atoms with Gasteiger partial charge in [-0.15, -0.1) is 0 Å². The van der Waals surface area contributed by atoms with E-state index in [0.717, 1.165) is 11.8 Å². The Morgan fingerprint density at radius 3 is 2.33 bits per heavy atom. The molecule has 1 heterocycles. The minimum Gasteiger partial charge on any atom is -0.391 e. The van der Waals surface area contributed by atoms with Crippen LogP contribution in [0.1, 0.15) is 0 Å². The van der Waals surface area contributed by atoms with Gasteiger partial charge in [-0.25, -0.2) is 0 Å². The SMILES string of the molecule is OC[C@H]1[SH+]C[C@@H](O)[C@@H]1O. The number of aliphatic hydroxyl groups excluding tert-OH is 3. The summed E-state index contributed by atoms with van der Waals surface area (Å²) in [5.41, 5.74) is 0. The standard InChI is InChI=1S/C5H10O3S/c6-1-4-5(8)3(7)2-9-4/h3-8H,1-2H2/p+1/t3-,4-,5+/m1/s1. The molecule has 0 bridgehead atoms. The highest BCUT2D eigenvalue weighted by molar-refractivity contribution is 7.79. The van der Waals surface area contributed by atoms with Crippen molar-refractivity contribution in [3.63, 3.8) is 0 Å². The zero-order valence-corrected chi connectivity index (χ0v) is 5.83. The average molecular weight is 151 g/mol. The molecule has 0 amide bonds. The third-order valence-corrected chi connectivity index (χ3v) is 3.03. The molecule has 1 fully saturated rings. The lowest BCUT2D eigenvalue weighted by Crippen LogP contribution is -2.31. The lowest BCUT2D eigenvalue weighted by Gasteiger charge is -2.05. The molecule has 0 spiro atoms. The number of hydrogen-bond donors (Lipinski definition) is 3. The van der Waals surface area contributed by atoms with Crippen molar-refractivity contribution in [2.45, 2.75) is 17.5 Å². The number of aliphatic hydroxyl groups is 3. The summed E-state index contributed by atoms with van der Waals surface area (Å²) < 4.78 is 0. The predicted molar refractivity (Wildman–Crippen MR) is 36.5 cm³/mol. The zero-order chi connectivity index (χ0) is 6.85. The fraction of sp³-hybridized carbons (Fsp3) is 1.00. The van der Waals surface area contributed by atoms with Gasteiger partial charge in [-0.1, -0.05) is 0 Å². The fourth-order valence-electron chi connectivity index (χ4n) is 0.882. The molecule has 1 rings (SSSR count). The molecule has 0 aromatic rings. The highest BCUT2D eigenvalue weighted by atomic mass is 32.2. The summed E-state index contributed by atoms with van der Waals surface area (Å²) in [7, 11) is 0. The van der Waals surface area contributed by atoms with Crippen LogP contribution in [0, 0.1) is 0 Å². The Balaban J connectivity index is 2.41. The minimum absolute atomic E-state index is 0.0280. The van der Waals surface area contributed by atoms with E-state index >= 15 is 0 Å². The summed E-state index contributed by atoms with van der Waals surface area (Å²) in [6, 6.07) is 0. The molecule has 54 valence electrons. The lowest BCUT2D eigenvalue weighted by molar-refractivity contribution is 0.0326. The first kappa shape index (κ1) is 7.34. The van der Waals surface area contributed by atoms with Crippen LogP contribution in [-0.2, 0) is 11.8 Å². The van der Waals surface area contributed by atoms with E-state index < -0.39 is 12.2 Å². The van der Waals surface area contributed by atoms with Crippen molar-refractivity contribution in [2.24, 2.45) is 0 Å². The molecule has 0 unspecified atom stereocenters. The van der Waals surface area contributed by atoms with Crippen molar-refractivity contribution in [3.8, 4) is 0 Å². The molecule has 3 N–H and O–H groups in total. The summed E-state index contributed by atoms with van der Waals surface area (Å²) in [4.78, 5) is 0. The van der Waals surface area contributed by atoms with Gasteiger partial charge < -0.3 is 15.3 Å². The van der Waals surface area contributed by atoms with Crippen molar-refractivity contribution in [2.75, 3.05) is 12.4 Å². The number of rotatable bonds is 1. The van der Waals surface area contributed by atoms with Crippen molar-refractivity contribution in [1.82, 2.24) is 0 Å². The van der Waals surface area contributed by atoms with Crippen LogP contribution in [0.15, 0.2) is 0 Å². The van der Waals surface area contributed by atoms with E-state index in [0.29, 0.717) is 5.75 Å². The van der Waals surface area contributed by atoms with Gasteiger partial charge in [0.05, 0.1) is 6.61 Å². The Hall–Kier alpha value is 0.230. The number of hydrogen-bond acceptors (Lipinski definition) is 3. The third kappa shape index (κ3) is 1.38. The van der Waals surface area contributed by atoms with Crippen LogP contribution in [0.3, 0.4) is 0 Å².